The highest BCUT2D eigenvalue weighted by molar-refractivity contribution is 6.30. The molecule has 1 amide bonds. The predicted molar refractivity (Wildman–Crippen MR) is 108 cm³/mol. The van der Waals surface area contributed by atoms with Gasteiger partial charge in [-0.3, -0.25) is 4.79 Å². The Morgan fingerprint density at radius 2 is 1.88 bits per heavy atom. The van der Waals surface area contributed by atoms with Gasteiger partial charge in [-0.05, 0) is 47.7 Å². The molecule has 0 saturated carbocycles. The van der Waals surface area contributed by atoms with E-state index in [0.717, 1.165) is 28.2 Å². The average Bonchev–Trinajstić information content (AvgIpc) is 2.90. The first-order valence-corrected chi connectivity index (χ1v) is 9.10. The first kappa shape index (κ1) is 18.5. The van der Waals surface area contributed by atoms with Crippen molar-refractivity contribution in [3.8, 4) is 0 Å². The number of hydrogen-bond acceptors (Lipinski definition) is 2. The number of carbonyl (C=O) groups is 1. The lowest BCUT2D eigenvalue weighted by atomic mass is 9.92. The molecule has 0 spiro atoms. The van der Waals surface area contributed by atoms with Gasteiger partial charge in [0.25, 0.3) is 0 Å². The smallest absolute Gasteiger partial charge is 0.226 e. The minimum atomic E-state index is -0.0516. The normalized spacial score (nSPS) is 11.7. The van der Waals surface area contributed by atoms with Gasteiger partial charge < -0.3 is 9.88 Å². The van der Waals surface area contributed by atoms with E-state index in [1.54, 1.807) is 0 Å². The molecule has 5 heteroatoms. The van der Waals surface area contributed by atoms with Gasteiger partial charge in [-0.1, -0.05) is 44.5 Å². The SMILES string of the molecule is Cc1cc2c(ccn2Cc2ccc(Cl)cc2)nc1NC(=O)CC(C)(C)C. The molecule has 3 aromatic rings. The lowest BCUT2D eigenvalue weighted by molar-refractivity contribution is -0.117. The van der Waals surface area contributed by atoms with Crippen LogP contribution in [0.5, 0.6) is 0 Å². The molecule has 0 radical (unpaired) electrons. The molecule has 2 heterocycles. The molecule has 0 atom stereocenters. The fourth-order valence-corrected chi connectivity index (χ4v) is 3.04. The fraction of sp³-hybridized carbons (Fsp3) is 0.333. The van der Waals surface area contributed by atoms with Crippen LogP contribution in [0.1, 0.15) is 38.3 Å². The number of benzene rings is 1. The molecule has 0 unspecified atom stereocenters. The number of hydrogen-bond donors (Lipinski definition) is 1. The molecule has 0 aliphatic heterocycles. The molecule has 1 aromatic carbocycles. The number of aryl methyl sites for hydroxylation is 1. The third-order valence-corrected chi connectivity index (χ3v) is 4.41. The number of carbonyl (C=O) groups excluding carboxylic acids is 1. The van der Waals surface area contributed by atoms with E-state index >= 15 is 0 Å². The van der Waals surface area contributed by atoms with Crippen LogP contribution >= 0.6 is 11.6 Å². The van der Waals surface area contributed by atoms with E-state index in [1.165, 1.54) is 5.56 Å². The molecule has 136 valence electrons. The second-order valence-electron chi connectivity index (χ2n) is 7.91. The molecule has 2 aromatic heterocycles. The van der Waals surface area contributed by atoms with Crippen molar-refractivity contribution in [3.63, 3.8) is 0 Å². The summed E-state index contributed by atoms with van der Waals surface area (Å²) in [5.74, 6) is 0.629. The van der Waals surface area contributed by atoms with Crippen molar-refractivity contribution in [2.75, 3.05) is 5.32 Å². The minimum absolute atomic E-state index is 0.00644. The lowest BCUT2D eigenvalue weighted by Crippen LogP contribution is -2.20. The second kappa shape index (κ2) is 7.12. The molecule has 0 saturated heterocycles. The van der Waals surface area contributed by atoms with Gasteiger partial charge in [0, 0.05) is 24.2 Å². The first-order valence-electron chi connectivity index (χ1n) is 8.72. The summed E-state index contributed by atoms with van der Waals surface area (Å²) in [6.07, 6.45) is 2.48. The van der Waals surface area contributed by atoms with Gasteiger partial charge in [0.05, 0.1) is 11.0 Å². The summed E-state index contributed by atoms with van der Waals surface area (Å²) in [5, 5.41) is 3.69. The summed E-state index contributed by atoms with van der Waals surface area (Å²) >= 11 is 5.96. The van der Waals surface area contributed by atoms with Gasteiger partial charge in [0.2, 0.25) is 5.91 Å². The summed E-state index contributed by atoms with van der Waals surface area (Å²) in [7, 11) is 0. The van der Waals surface area contributed by atoms with Crippen molar-refractivity contribution in [1.29, 1.82) is 0 Å². The van der Waals surface area contributed by atoms with Gasteiger partial charge in [-0.25, -0.2) is 4.98 Å². The second-order valence-corrected chi connectivity index (χ2v) is 8.35. The highest BCUT2D eigenvalue weighted by Gasteiger charge is 2.17. The molecule has 4 nitrogen and oxygen atoms in total. The molecule has 0 fully saturated rings. The number of fused-ring (bicyclic) bond motifs is 1. The van der Waals surface area contributed by atoms with Gasteiger partial charge >= 0.3 is 0 Å². The zero-order valence-corrected chi connectivity index (χ0v) is 16.4. The molecule has 0 bridgehead atoms. The predicted octanol–water partition coefficient (Wildman–Crippen LogP) is 5.42. The molecule has 26 heavy (non-hydrogen) atoms. The van der Waals surface area contributed by atoms with E-state index in [-0.39, 0.29) is 11.3 Å². The summed E-state index contributed by atoms with van der Waals surface area (Å²) in [5.41, 5.74) is 3.99. The maximum atomic E-state index is 12.2. The van der Waals surface area contributed by atoms with Crippen LogP contribution in [0.3, 0.4) is 0 Å². The zero-order valence-electron chi connectivity index (χ0n) is 15.6. The van der Waals surface area contributed by atoms with Crippen LogP contribution in [0, 0.1) is 12.3 Å². The molecule has 0 aliphatic rings. The number of nitrogens with zero attached hydrogens (tertiary/aromatic N) is 2. The van der Waals surface area contributed by atoms with E-state index in [0.29, 0.717) is 12.2 Å². The number of aromatic nitrogens is 2. The van der Waals surface area contributed by atoms with Crippen molar-refractivity contribution in [3.05, 3.63) is 58.7 Å². The minimum Gasteiger partial charge on any atom is -0.342 e. The summed E-state index contributed by atoms with van der Waals surface area (Å²) < 4.78 is 2.15. The Kier molecular flexibility index (Phi) is 5.05. The van der Waals surface area contributed by atoms with Crippen molar-refractivity contribution in [2.24, 2.45) is 5.41 Å². The average molecular weight is 370 g/mol. The van der Waals surface area contributed by atoms with Gasteiger partial charge in [0.1, 0.15) is 5.82 Å². The maximum Gasteiger partial charge on any atom is 0.226 e. The highest BCUT2D eigenvalue weighted by Crippen LogP contribution is 2.24. The third-order valence-electron chi connectivity index (χ3n) is 4.16. The van der Waals surface area contributed by atoms with Gasteiger partial charge in [0.15, 0.2) is 0 Å². The number of amides is 1. The van der Waals surface area contributed by atoms with E-state index in [4.69, 9.17) is 11.6 Å². The van der Waals surface area contributed by atoms with Crippen LogP contribution in [-0.2, 0) is 11.3 Å². The number of anilines is 1. The number of halogens is 1. The number of rotatable bonds is 4. The topological polar surface area (TPSA) is 46.9 Å². The van der Waals surface area contributed by atoms with Crippen LogP contribution < -0.4 is 5.32 Å². The standard InChI is InChI=1S/C21H24ClN3O/c1-14-11-18-17(23-20(14)24-19(26)12-21(2,3)4)9-10-25(18)13-15-5-7-16(22)8-6-15/h5-11H,12-13H2,1-4H3,(H,23,24,26). The Labute approximate surface area is 159 Å². The Bertz CT molecular complexity index is 936. The third kappa shape index (κ3) is 4.44. The number of pyridine rings is 1. The van der Waals surface area contributed by atoms with Crippen LogP contribution in [0.25, 0.3) is 11.0 Å². The van der Waals surface area contributed by atoms with Crippen molar-refractivity contribution >= 4 is 34.4 Å². The van der Waals surface area contributed by atoms with E-state index in [2.05, 4.69) is 20.9 Å². The Hall–Kier alpha value is -2.33. The molecule has 1 N–H and O–H groups in total. The summed E-state index contributed by atoms with van der Waals surface area (Å²) in [6, 6.07) is 11.9. The van der Waals surface area contributed by atoms with Crippen molar-refractivity contribution in [1.82, 2.24) is 9.55 Å². The number of nitrogens with one attached hydrogen (secondary N) is 1. The fourth-order valence-electron chi connectivity index (χ4n) is 2.92. The largest absolute Gasteiger partial charge is 0.342 e. The Morgan fingerprint density at radius 1 is 1.19 bits per heavy atom. The first-order chi connectivity index (χ1) is 12.2. The Morgan fingerprint density at radius 3 is 2.54 bits per heavy atom. The van der Waals surface area contributed by atoms with Gasteiger partial charge in [-0.2, -0.15) is 0 Å². The molecule has 0 aliphatic carbocycles. The summed E-state index contributed by atoms with van der Waals surface area (Å²) in [4.78, 5) is 16.9. The quantitative estimate of drug-likeness (QED) is 0.667. The van der Waals surface area contributed by atoms with Crippen LogP contribution in [0.15, 0.2) is 42.6 Å². The zero-order chi connectivity index (χ0) is 18.9. The monoisotopic (exact) mass is 369 g/mol. The van der Waals surface area contributed by atoms with Gasteiger partial charge in [-0.15, -0.1) is 0 Å². The van der Waals surface area contributed by atoms with Crippen LogP contribution in [0.4, 0.5) is 5.82 Å². The molecular weight excluding hydrogens is 346 g/mol. The van der Waals surface area contributed by atoms with Crippen molar-refractivity contribution in [2.45, 2.75) is 40.7 Å². The van der Waals surface area contributed by atoms with E-state index < -0.39 is 0 Å². The maximum absolute atomic E-state index is 12.2. The highest BCUT2D eigenvalue weighted by atomic mass is 35.5. The molecular formula is C21H24ClN3O. The van der Waals surface area contributed by atoms with Crippen LogP contribution in [-0.4, -0.2) is 15.5 Å². The van der Waals surface area contributed by atoms with E-state index in [1.807, 2.05) is 64.2 Å². The summed E-state index contributed by atoms with van der Waals surface area (Å²) in [6.45, 7) is 8.86. The van der Waals surface area contributed by atoms with Crippen LogP contribution in [0.2, 0.25) is 5.02 Å². The Balaban J connectivity index is 1.84. The van der Waals surface area contributed by atoms with E-state index in [9.17, 15) is 4.79 Å². The molecule has 3 rings (SSSR count). The lowest BCUT2D eigenvalue weighted by Gasteiger charge is -2.17. The van der Waals surface area contributed by atoms with Crippen molar-refractivity contribution < 1.29 is 4.79 Å².